The number of aromatic nitrogens is 2. The number of nitrogens with zero attached hydrogens (tertiary/aromatic N) is 2. The molecule has 0 saturated carbocycles. The van der Waals surface area contributed by atoms with E-state index >= 15 is 0 Å². The van der Waals surface area contributed by atoms with E-state index in [2.05, 4.69) is 36.4 Å². The molecule has 19 heavy (non-hydrogen) atoms. The first-order valence-electron chi connectivity index (χ1n) is 6.14. The normalized spacial score (nSPS) is 11.1. The lowest BCUT2D eigenvalue weighted by Crippen LogP contribution is -2.27. The average Bonchev–Trinajstić information content (AvgIpc) is 2.78. The second-order valence-corrected chi connectivity index (χ2v) is 5.65. The molecule has 0 unspecified atom stereocenters. The molecule has 1 aromatic carbocycles. The minimum Gasteiger partial charge on any atom is -0.332 e. The molecule has 0 aliphatic carbocycles. The van der Waals surface area contributed by atoms with Crippen LogP contribution in [0.4, 0.5) is 11.6 Å². The van der Waals surface area contributed by atoms with E-state index in [-0.39, 0.29) is 5.54 Å². The van der Waals surface area contributed by atoms with Crippen LogP contribution in [0.1, 0.15) is 20.8 Å². The van der Waals surface area contributed by atoms with Gasteiger partial charge in [0.1, 0.15) is 0 Å². The lowest BCUT2D eigenvalue weighted by Gasteiger charge is -2.23. The molecule has 0 saturated heterocycles. The van der Waals surface area contributed by atoms with E-state index in [9.17, 15) is 0 Å². The number of rotatable bonds is 2. The van der Waals surface area contributed by atoms with Crippen molar-refractivity contribution in [3.8, 4) is 0 Å². The van der Waals surface area contributed by atoms with E-state index in [1.165, 1.54) is 0 Å². The van der Waals surface area contributed by atoms with Crippen LogP contribution in [0.3, 0.4) is 0 Å². The van der Waals surface area contributed by atoms with Crippen molar-refractivity contribution in [3.63, 3.8) is 0 Å². The van der Waals surface area contributed by atoms with Crippen LogP contribution in [0.5, 0.6) is 0 Å². The molecule has 2 aromatic rings. The zero-order valence-corrected chi connectivity index (χ0v) is 12.2. The van der Waals surface area contributed by atoms with Crippen molar-refractivity contribution in [2.45, 2.75) is 26.3 Å². The van der Waals surface area contributed by atoms with Gasteiger partial charge in [-0.05, 0) is 45.1 Å². The predicted octanol–water partition coefficient (Wildman–Crippen LogP) is 3.45. The Labute approximate surface area is 118 Å². The SMILES string of the molecule is CC(C)(C)n1ccnc1NC(=S)Nc1ccccc1. The van der Waals surface area contributed by atoms with Gasteiger partial charge in [-0.25, -0.2) is 4.98 Å². The van der Waals surface area contributed by atoms with Gasteiger partial charge in [0.05, 0.1) is 0 Å². The van der Waals surface area contributed by atoms with Gasteiger partial charge < -0.3 is 15.2 Å². The Kier molecular flexibility index (Phi) is 3.85. The lowest BCUT2D eigenvalue weighted by molar-refractivity contribution is 0.402. The highest BCUT2D eigenvalue weighted by molar-refractivity contribution is 7.80. The van der Waals surface area contributed by atoms with Crippen molar-refractivity contribution < 1.29 is 0 Å². The minimum atomic E-state index is -0.0405. The Hall–Kier alpha value is -1.88. The quantitative estimate of drug-likeness (QED) is 0.823. The molecule has 2 rings (SSSR count). The second-order valence-electron chi connectivity index (χ2n) is 5.24. The molecule has 0 bridgehead atoms. The number of hydrogen-bond acceptors (Lipinski definition) is 2. The van der Waals surface area contributed by atoms with Gasteiger partial charge in [-0.2, -0.15) is 0 Å². The van der Waals surface area contributed by atoms with Crippen LogP contribution in [0.2, 0.25) is 0 Å². The molecule has 0 aliphatic heterocycles. The van der Waals surface area contributed by atoms with Crippen LogP contribution >= 0.6 is 12.2 Å². The molecule has 1 aromatic heterocycles. The first-order valence-corrected chi connectivity index (χ1v) is 6.54. The maximum atomic E-state index is 5.29. The summed E-state index contributed by atoms with van der Waals surface area (Å²) in [4.78, 5) is 4.29. The molecule has 0 radical (unpaired) electrons. The van der Waals surface area contributed by atoms with Gasteiger partial charge in [-0.3, -0.25) is 0 Å². The molecule has 0 fully saturated rings. The van der Waals surface area contributed by atoms with Crippen molar-refractivity contribution >= 4 is 29.0 Å². The molecule has 5 heteroatoms. The molecule has 2 N–H and O–H groups in total. The van der Waals surface area contributed by atoms with Crippen molar-refractivity contribution in [1.29, 1.82) is 0 Å². The van der Waals surface area contributed by atoms with E-state index < -0.39 is 0 Å². The summed E-state index contributed by atoms with van der Waals surface area (Å²) in [6.45, 7) is 6.36. The summed E-state index contributed by atoms with van der Waals surface area (Å²) in [6, 6.07) is 9.81. The number of imidazole rings is 1. The number of benzene rings is 1. The highest BCUT2D eigenvalue weighted by Crippen LogP contribution is 2.19. The molecule has 0 spiro atoms. The molecular formula is C14H18N4S. The van der Waals surface area contributed by atoms with Gasteiger partial charge in [0.2, 0.25) is 5.95 Å². The predicted molar refractivity (Wildman–Crippen MR) is 83.5 cm³/mol. The number of para-hydroxylation sites is 1. The van der Waals surface area contributed by atoms with Gasteiger partial charge in [0.15, 0.2) is 5.11 Å². The third kappa shape index (κ3) is 3.54. The molecule has 0 atom stereocenters. The van der Waals surface area contributed by atoms with E-state index in [4.69, 9.17) is 12.2 Å². The monoisotopic (exact) mass is 274 g/mol. The van der Waals surface area contributed by atoms with Crippen molar-refractivity contribution in [2.75, 3.05) is 10.6 Å². The van der Waals surface area contributed by atoms with Gasteiger partial charge in [-0.1, -0.05) is 18.2 Å². The van der Waals surface area contributed by atoms with E-state index in [1.807, 2.05) is 41.1 Å². The highest BCUT2D eigenvalue weighted by atomic mass is 32.1. The summed E-state index contributed by atoms with van der Waals surface area (Å²) in [6.07, 6.45) is 3.70. The Morgan fingerprint density at radius 1 is 1.16 bits per heavy atom. The third-order valence-electron chi connectivity index (χ3n) is 2.62. The molecule has 100 valence electrons. The van der Waals surface area contributed by atoms with Crippen molar-refractivity contribution in [2.24, 2.45) is 0 Å². The maximum Gasteiger partial charge on any atom is 0.209 e. The topological polar surface area (TPSA) is 41.9 Å². The van der Waals surface area contributed by atoms with E-state index in [1.54, 1.807) is 6.20 Å². The first-order chi connectivity index (χ1) is 8.97. The first kappa shape index (κ1) is 13.5. The summed E-state index contributed by atoms with van der Waals surface area (Å²) >= 11 is 5.29. The number of thiocarbonyl (C=S) groups is 1. The zero-order chi connectivity index (χ0) is 13.9. The number of nitrogens with one attached hydrogen (secondary N) is 2. The summed E-state index contributed by atoms with van der Waals surface area (Å²) in [7, 11) is 0. The second kappa shape index (κ2) is 5.40. The van der Waals surface area contributed by atoms with Gasteiger partial charge in [0, 0.05) is 23.6 Å². The van der Waals surface area contributed by atoms with Crippen LogP contribution in [0, 0.1) is 0 Å². The Bertz CT molecular complexity index is 554. The number of hydrogen-bond donors (Lipinski definition) is 2. The fourth-order valence-electron chi connectivity index (χ4n) is 1.72. The van der Waals surface area contributed by atoms with Crippen LogP contribution in [-0.4, -0.2) is 14.7 Å². The van der Waals surface area contributed by atoms with Crippen LogP contribution in [0.25, 0.3) is 0 Å². The highest BCUT2D eigenvalue weighted by Gasteiger charge is 2.17. The Morgan fingerprint density at radius 2 is 1.84 bits per heavy atom. The third-order valence-corrected chi connectivity index (χ3v) is 2.82. The molecule has 0 amide bonds. The van der Waals surface area contributed by atoms with Gasteiger partial charge >= 0.3 is 0 Å². The fraction of sp³-hybridized carbons (Fsp3) is 0.286. The summed E-state index contributed by atoms with van der Waals surface area (Å²) in [5, 5.41) is 6.77. The Balaban J connectivity index is 2.06. The smallest absolute Gasteiger partial charge is 0.209 e. The molecular weight excluding hydrogens is 256 g/mol. The summed E-state index contributed by atoms with van der Waals surface area (Å²) in [5.74, 6) is 0.737. The largest absolute Gasteiger partial charge is 0.332 e. The fourth-order valence-corrected chi connectivity index (χ4v) is 1.93. The Morgan fingerprint density at radius 3 is 2.47 bits per heavy atom. The van der Waals surface area contributed by atoms with Crippen molar-refractivity contribution in [3.05, 3.63) is 42.7 Å². The van der Waals surface area contributed by atoms with E-state index in [0.717, 1.165) is 11.6 Å². The molecule has 0 aliphatic rings. The zero-order valence-electron chi connectivity index (χ0n) is 11.3. The average molecular weight is 274 g/mol. The molecule has 4 nitrogen and oxygen atoms in total. The minimum absolute atomic E-state index is 0.0405. The van der Waals surface area contributed by atoms with E-state index in [0.29, 0.717) is 5.11 Å². The van der Waals surface area contributed by atoms with Crippen LogP contribution in [-0.2, 0) is 5.54 Å². The summed E-state index contributed by atoms with van der Waals surface area (Å²) in [5.41, 5.74) is 0.912. The summed E-state index contributed by atoms with van der Waals surface area (Å²) < 4.78 is 2.05. The maximum absolute atomic E-state index is 5.29. The molecule has 1 heterocycles. The van der Waals surface area contributed by atoms with Gasteiger partial charge in [-0.15, -0.1) is 0 Å². The number of anilines is 2. The van der Waals surface area contributed by atoms with Crippen LogP contribution < -0.4 is 10.6 Å². The standard InChI is InChI=1S/C14H18N4S/c1-14(2,3)18-10-9-15-12(18)17-13(19)16-11-7-5-4-6-8-11/h4-10H,1-3H3,(H2,15,16,17,19). The van der Waals surface area contributed by atoms with Gasteiger partial charge in [0.25, 0.3) is 0 Å². The van der Waals surface area contributed by atoms with Crippen molar-refractivity contribution in [1.82, 2.24) is 9.55 Å². The lowest BCUT2D eigenvalue weighted by atomic mass is 10.1. The van der Waals surface area contributed by atoms with Crippen LogP contribution in [0.15, 0.2) is 42.7 Å².